The van der Waals surface area contributed by atoms with Gasteiger partial charge in [0.05, 0.1) is 5.56 Å². The Bertz CT molecular complexity index is 331. The molecule has 0 aliphatic carbocycles. The second kappa shape index (κ2) is 3.46. The van der Waals surface area contributed by atoms with E-state index in [1.807, 2.05) is 5.87 Å². The Hall–Kier alpha value is -1.54. The number of benzene rings is 1. The molecule has 0 saturated heterocycles. The fourth-order valence-corrected chi connectivity index (χ4v) is 0.852. The van der Waals surface area contributed by atoms with Gasteiger partial charge < -0.3 is 0 Å². The molecule has 13 heavy (non-hydrogen) atoms. The van der Waals surface area contributed by atoms with Crippen LogP contribution in [0.4, 0.5) is 13.2 Å². The Balaban J connectivity index is 3.00. The van der Waals surface area contributed by atoms with Gasteiger partial charge in [-0.15, -0.1) is 0 Å². The largest absolute Gasteiger partial charge is 0.416 e. The van der Waals surface area contributed by atoms with Crippen molar-refractivity contribution in [1.29, 1.82) is 5.41 Å². The first-order chi connectivity index (χ1) is 6.04. The second-order valence-corrected chi connectivity index (χ2v) is 2.41. The van der Waals surface area contributed by atoms with Gasteiger partial charge in [0, 0.05) is 6.08 Å². The topological polar surface area (TPSA) is 23.9 Å². The fraction of sp³-hybridized carbons (Fsp3) is 0.111. The highest BCUT2D eigenvalue weighted by atomic mass is 19.4. The number of hydrogen-bond acceptors (Lipinski definition) is 1. The molecule has 1 N–H and O–H groups in total. The normalized spacial score (nSPS) is 10.7. The van der Waals surface area contributed by atoms with Crippen LogP contribution in [-0.2, 0) is 6.18 Å². The van der Waals surface area contributed by atoms with Crippen LogP contribution in [0.15, 0.2) is 24.3 Å². The molecular formula is C9H6F3N. The lowest BCUT2D eigenvalue weighted by Gasteiger charge is -2.05. The highest BCUT2D eigenvalue weighted by Crippen LogP contribution is 2.29. The average molecular weight is 185 g/mol. The molecule has 0 spiro atoms. The summed E-state index contributed by atoms with van der Waals surface area (Å²) in [4.78, 5) is 0. The third kappa shape index (κ3) is 2.46. The first-order valence-corrected chi connectivity index (χ1v) is 3.47. The summed E-state index contributed by atoms with van der Waals surface area (Å²) in [6.45, 7) is 0. The van der Waals surface area contributed by atoms with Crippen LogP contribution in [-0.4, -0.2) is 5.87 Å². The predicted octanol–water partition coefficient (Wildman–Crippen LogP) is 2.97. The van der Waals surface area contributed by atoms with Crippen LogP contribution in [0, 0.1) is 5.41 Å². The van der Waals surface area contributed by atoms with Crippen molar-refractivity contribution in [3.63, 3.8) is 0 Å². The molecule has 0 aromatic heterocycles. The molecule has 68 valence electrons. The van der Waals surface area contributed by atoms with Gasteiger partial charge in [-0.1, -0.05) is 12.1 Å². The summed E-state index contributed by atoms with van der Waals surface area (Å²) < 4.78 is 36.1. The molecule has 1 aromatic carbocycles. The minimum atomic E-state index is -4.30. The van der Waals surface area contributed by atoms with Gasteiger partial charge in [-0.05, 0) is 23.6 Å². The lowest BCUT2D eigenvalue weighted by Crippen LogP contribution is -2.03. The summed E-state index contributed by atoms with van der Waals surface area (Å²) in [6.07, 6.45) is -3.01. The number of halogens is 3. The van der Waals surface area contributed by atoms with Gasteiger partial charge in [0.2, 0.25) is 0 Å². The van der Waals surface area contributed by atoms with Crippen molar-refractivity contribution in [3.8, 4) is 0 Å². The zero-order valence-electron chi connectivity index (χ0n) is 6.52. The van der Waals surface area contributed by atoms with E-state index in [2.05, 4.69) is 0 Å². The van der Waals surface area contributed by atoms with E-state index < -0.39 is 11.7 Å². The van der Waals surface area contributed by atoms with Crippen molar-refractivity contribution in [2.75, 3.05) is 0 Å². The van der Waals surface area contributed by atoms with E-state index in [0.29, 0.717) is 5.56 Å². The van der Waals surface area contributed by atoms with Gasteiger partial charge in [-0.2, -0.15) is 13.2 Å². The monoisotopic (exact) mass is 185 g/mol. The molecule has 0 unspecified atom stereocenters. The Morgan fingerprint density at radius 1 is 1.15 bits per heavy atom. The van der Waals surface area contributed by atoms with Crippen molar-refractivity contribution in [3.05, 3.63) is 35.4 Å². The molecule has 1 nitrogen and oxygen atoms in total. The molecule has 1 rings (SSSR count). The third-order valence-corrected chi connectivity index (χ3v) is 1.48. The number of alkyl halides is 3. The van der Waals surface area contributed by atoms with Crippen molar-refractivity contribution >= 4 is 11.9 Å². The Morgan fingerprint density at radius 2 is 1.69 bits per heavy atom. The Labute approximate surface area is 73.0 Å². The highest BCUT2D eigenvalue weighted by Gasteiger charge is 2.29. The zero-order chi connectivity index (χ0) is 9.90. The smallest absolute Gasteiger partial charge is 0.259 e. The van der Waals surface area contributed by atoms with Crippen LogP contribution in [0.5, 0.6) is 0 Å². The maximum Gasteiger partial charge on any atom is 0.416 e. The molecule has 0 heterocycles. The first kappa shape index (κ1) is 9.55. The SMILES string of the molecule is N=C=Cc1ccc(C(F)(F)F)cc1. The zero-order valence-corrected chi connectivity index (χ0v) is 6.52. The minimum Gasteiger partial charge on any atom is -0.259 e. The molecule has 0 saturated carbocycles. The van der Waals surface area contributed by atoms with Gasteiger partial charge in [-0.25, -0.2) is 0 Å². The highest BCUT2D eigenvalue weighted by molar-refractivity contribution is 5.75. The Morgan fingerprint density at radius 3 is 2.08 bits per heavy atom. The van der Waals surface area contributed by atoms with Gasteiger partial charge in [0.15, 0.2) is 0 Å². The van der Waals surface area contributed by atoms with Crippen LogP contribution in [0.2, 0.25) is 0 Å². The number of nitrogens with one attached hydrogen (secondary N) is 1. The maximum atomic E-state index is 12.0. The van der Waals surface area contributed by atoms with Crippen molar-refractivity contribution < 1.29 is 13.2 Å². The predicted molar refractivity (Wildman–Crippen MR) is 43.6 cm³/mol. The van der Waals surface area contributed by atoms with Crippen molar-refractivity contribution in [1.82, 2.24) is 0 Å². The molecule has 1 aromatic rings. The van der Waals surface area contributed by atoms with Crippen LogP contribution in [0.25, 0.3) is 6.08 Å². The van der Waals surface area contributed by atoms with E-state index in [1.165, 1.54) is 18.2 Å². The average Bonchev–Trinajstić information content (AvgIpc) is 2.04. The lowest BCUT2D eigenvalue weighted by atomic mass is 10.1. The summed E-state index contributed by atoms with van der Waals surface area (Å²) in [5, 5.41) is 6.59. The van der Waals surface area contributed by atoms with E-state index in [4.69, 9.17) is 5.41 Å². The minimum absolute atomic E-state index is 0.531. The first-order valence-electron chi connectivity index (χ1n) is 3.47. The molecule has 0 aliphatic rings. The second-order valence-electron chi connectivity index (χ2n) is 2.41. The summed E-state index contributed by atoms with van der Waals surface area (Å²) in [6, 6.07) is 4.54. The van der Waals surface area contributed by atoms with Gasteiger partial charge in [0.25, 0.3) is 0 Å². The fourth-order valence-electron chi connectivity index (χ4n) is 0.852. The van der Waals surface area contributed by atoms with Crippen LogP contribution >= 0.6 is 0 Å². The standard InChI is InChI=1S/C9H6F3N/c10-9(11,12)8-3-1-7(2-4-8)5-6-13/h1-5,13H. The molecule has 0 bridgehead atoms. The lowest BCUT2D eigenvalue weighted by molar-refractivity contribution is -0.137. The van der Waals surface area contributed by atoms with Gasteiger partial charge in [0.1, 0.15) is 0 Å². The van der Waals surface area contributed by atoms with E-state index in [1.54, 1.807) is 0 Å². The van der Waals surface area contributed by atoms with E-state index >= 15 is 0 Å². The number of hydrogen-bond donors (Lipinski definition) is 1. The summed E-state index contributed by atoms with van der Waals surface area (Å²) in [7, 11) is 0. The Kier molecular flexibility index (Phi) is 2.54. The molecule has 0 amide bonds. The molecule has 0 atom stereocenters. The van der Waals surface area contributed by atoms with E-state index in [9.17, 15) is 13.2 Å². The summed E-state index contributed by atoms with van der Waals surface area (Å²) in [5.41, 5.74) is -0.155. The van der Waals surface area contributed by atoms with Crippen molar-refractivity contribution in [2.45, 2.75) is 6.18 Å². The molecular weight excluding hydrogens is 179 g/mol. The molecule has 4 heteroatoms. The van der Waals surface area contributed by atoms with Crippen LogP contribution in [0.1, 0.15) is 11.1 Å². The molecule has 0 aliphatic heterocycles. The molecule has 0 fully saturated rings. The van der Waals surface area contributed by atoms with E-state index in [0.717, 1.165) is 12.1 Å². The maximum absolute atomic E-state index is 12.0. The summed E-state index contributed by atoms with van der Waals surface area (Å²) >= 11 is 0. The van der Waals surface area contributed by atoms with Gasteiger partial charge >= 0.3 is 6.18 Å². The molecule has 0 radical (unpaired) electrons. The van der Waals surface area contributed by atoms with E-state index in [-0.39, 0.29) is 0 Å². The van der Waals surface area contributed by atoms with Crippen molar-refractivity contribution in [2.24, 2.45) is 0 Å². The van der Waals surface area contributed by atoms with Crippen LogP contribution < -0.4 is 0 Å². The quantitative estimate of drug-likeness (QED) is 0.650. The number of rotatable bonds is 1. The third-order valence-electron chi connectivity index (χ3n) is 1.48. The summed E-state index contributed by atoms with van der Waals surface area (Å²) in [5.74, 6) is 1.99. The van der Waals surface area contributed by atoms with Gasteiger partial charge in [-0.3, -0.25) is 5.41 Å². The van der Waals surface area contributed by atoms with Crippen LogP contribution in [0.3, 0.4) is 0 Å².